The van der Waals surface area contributed by atoms with Gasteiger partial charge in [0.15, 0.2) is 0 Å². The maximum atomic E-state index is 6.26. The Balaban J connectivity index is 2.92. The largest absolute Gasteiger partial charge is 0.329 e. The van der Waals surface area contributed by atoms with Crippen LogP contribution < -0.4 is 5.73 Å². The molecule has 0 radical (unpaired) electrons. The fourth-order valence-corrected chi connectivity index (χ4v) is 4.01. The molecule has 2 nitrogen and oxygen atoms in total. The van der Waals surface area contributed by atoms with Crippen molar-refractivity contribution in [3.63, 3.8) is 0 Å². The quantitative estimate of drug-likeness (QED) is 0.751. The number of likely N-dealkylation sites (tertiary alicyclic amines) is 1. The second kappa shape index (κ2) is 6.91. The summed E-state index contributed by atoms with van der Waals surface area (Å²) >= 11 is 0. The summed E-state index contributed by atoms with van der Waals surface area (Å²) in [5.74, 6) is 1.45. The highest BCUT2D eigenvalue weighted by Crippen LogP contribution is 2.36. The molecule has 1 rings (SSSR count). The van der Waals surface area contributed by atoms with Gasteiger partial charge in [0.25, 0.3) is 0 Å². The van der Waals surface area contributed by atoms with Crippen LogP contribution in [0.1, 0.15) is 66.7 Å². The van der Waals surface area contributed by atoms with E-state index in [1.54, 1.807) is 0 Å². The van der Waals surface area contributed by atoms with Crippen molar-refractivity contribution in [2.45, 2.75) is 78.3 Å². The fraction of sp³-hybridized carbons (Fsp3) is 1.00. The zero-order valence-electron chi connectivity index (χ0n) is 13.2. The summed E-state index contributed by atoms with van der Waals surface area (Å²) in [6, 6.07) is 0.769. The Morgan fingerprint density at radius 3 is 2.11 bits per heavy atom. The third-order valence-electron chi connectivity index (χ3n) is 4.41. The van der Waals surface area contributed by atoms with Gasteiger partial charge in [-0.2, -0.15) is 0 Å². The summed E-state index contributed by atoms with van der Waals surface area (Å²) in [5.41, 5.74) is 6.51. The van der Waals surface area contributed by atoms with E-state index in [1.807, 2.05) is 0 Å². The first-order valence-electron chi connectivity index (χ1n) is 7.92. The Kier molecular flexibility index (Phi) is 6.13. The van der Waals surface area contributed by atoms with E-state index in [4.69, 9.17) is 5.73 Å². The summed E-state index contributed by atoms with van der Waals surface area (Å²) in [6.07, 6.45) is 6.50. The monoisotopic (exact) mass is 254 g/mol. The van der Waals surface area contributed by atoms with Crippen LogP contribution in [0.25, 0.3) is 0 Å². The average molecular weight is 254 g/mol. The minimum atomic E-state index is 0.250. The predicted molar refractivity (Wildman–Crippen MR) is 80.7 cm³/mol. The van der Waals surface area contributed by atoms with Gasteiger partial charge in [-0.1, -0.05) is 34.6 Å². The van der Waals surface area contributed by atoms with Crippen LogP contribution in [-0.2, 0) is 0 Å². The van der Waals surface area contributed by atoms with Crippen molar-refractivity contribution in [2.24, 2.45) is 17.6 Å². The average Bonchev–Trinajstić information content (AvgIpc) is 2.75. The van der Waals surface area contributed by atoms with Gasteiger partial charge in [0.05, 0.1) is 0 Å². The standard InChI is InChI=1S/C16H34N2/c1-6-15-8-7-9-18(15)16(12-17,10-13(2)3)11-14(4)5/h13-15H,6-12,17H2,1-5H3. The minimum Gasteiger partial charge on any atom is -0.329 e. The summed E-state index contributed by atoms with van der Waals surface area (Å²) in [5, 5.41) is 0. The molecule has 108 valence electrons. The van der Waals surface area contributed by atoms with Crippen molar-refractivity contribution >= 4 is 0 Å². The van der Waals surface area contributed by atoms with E-state index < -0.39 is 0 Å². The van der Waals surface area contributed by atoms with Crippen LogP contribution in [0.2, 0.25) is 0 Å². The number of hydrogen-bond acceptors (Lipinski definition) is 2. The molecular weight excluding hydrogens is 220 g/mol. The molecule has 0 amide bonds. The molecular formula is C16H34N2. The minimum absolute atomic E-state index is 0.250. The highest BCUT2D eigenvalue weighted by Gasteiger charge is 2.41. The van der Waals surface area contributed by atoms with Gasteiger partial charge in [-0.3, -0.25) is 4.90 Å². The van der Waals surface area contributed by atoms with E-state index in [2.05, 4.69) is 39.5 Å². The molecule has 0 spiro atoms. The molecule has 2 heteroatoms. The lowest BCUT2D eigenvalue weighted by Gasteiger charge is -2.47. The number of rotatable bonds is 7. The maximum absolute atomic E-state index is 6.26. The van der Waals surface area contributed by atoms with Crippen molar-refractivity contribution in [3.8, 4) is 0 Å². The molecule has 1 unspecified atom stereocenters. The molecule has 1 aliphatic heterocycles. The van der Waals surface area contributed by atoms with Crippen LogP contribution in [0.4, 0.5) is 0 Å². The topological polar surface area (TPSA) is 29.3 Å². The first kappa shape index (κ1) is 16.0. The highest BCUT2D eigenvalue weighted by atomic mass is 15.3. The smallest absolute Gasteiger partial charge is 0.0339 e. The van der Waals surface area contributed by atoms with E-state index in [9.17, 15) is 0 Å². The second-order valence-corrected chi connectivity index (χ2v) is 7.02. The molecule has 0 bridgehead atoms. The number of nitrogens with zero attached hydrogens (tertiary/aromatic N) is 1. The van der Waals surface area contributed by atoms with Crippen molar-refractivity contribution in [1.29, 1.82) is 0 Å². The molecule has 1 atom stereocenters. The third-order valence-corrected chi connectivity index (χ3v) is 4.41. The summed E-state index contributed by atoms with van der Waals surface area (Å²) < 4.78 is 0. The molecule has 0 aromatic rings. The Hall–Kier alpha value is -0.0800. The lowest BCUT2D eigenvalue weighted by Crippen LogP contribution is -2.57. The lowest BCUT2D eigenvalue weighted by atomic mass is 9.79. The Bertz CT molecular complexity index is 225. The van der Waals surface area contributed by atoms with E-state index in [-0.39, 0.29) is 5.54 Å². The predicted octanol–water partition coefficient (Wildman–Crippen LogP) is 3.65. The van der Waals surface area contributed by atoms with Crippen molar-refractivity contribution in [3.05, 3.63) is 0 Å². The van der Waals surface area contributed by atoms with Crippen LogP contribution in [-0.4, -0.2) is 29.6 Å². The zero-order chi connectivity index (χ0) is 13.8. The number of hydrogen-bond donors (Lipinski definition) is 1. The van der Waals surface area contributed by atoms with Gasteiger partial charge in [-0.15, -0.1) is 0 Å². The zero-order valence-corrected chi connectivity index (χ0v) is 13.2. The molecule has 1 saturated heterocycles. The van der Waals surface area contributed by atoms with Gasteiger partial charge in [-0.25, -0.2) is 0 Å². The van der Waals surface area contributed by atoms with Crippen LogP contribution in [0.15, 0.2) is 0 Å². The Morgan fingerprint density at radius 1 is 1.17 bits per heavy atom. The molecule has 2 N–H and O–H groups in total. The van der Waals surface area contributed by atoms with Crippen molar-refractivity contribution in [2.75, 3.05) is 13.1 Å². The van der Waals surface area contributed by atoms with Gasteiger partial charge in [0, 0.05) is 18.1 Å². The van der Waals surface area contributed by atoms with Gasteiger partial charge < -0.3 is 5.73 Å². The van der Waals surface area contributed by atoms with Gasteiger partial charge in [0.2, 0.25) is 0 Å². The van der Waals surface area contributed by atoms with Gasteiger partial charge in [0.1, 0.15) is 0 Å². The SMILES string of the molecule is CCC1CCCN1C(CN)(CC(C)C)CC(C)C. The van der Waals surface area contributed by atoms with Crippen LogP contribution in [0, 0.1) is 11.8 Å². The molecule has 0 aliphatic carbocycles. The van der Waals surface area contributed by atoms with E-state index >= 15 is 0 Å². The molecule has 1 aliphatic rings. The van der Waals surface area contributed by atoms with Crippen LogP contribution >= 0.6 is 0 Å². The highest BCUT2D eigenvalue weighted by molar-refractivity contribution is 4.98. The fourth-order valence-electron chi connectivity index (χ4n) is 4.01. The van der Waals surface area contributed by atoms with E-state index in [0.29, 0.717) is 0 Å². The Labute approximate surface area is 114 Å². The molecule has 1 heterocycles. The molecule has 1 fully saturated rings. The van der Waals surface area contributed by atoms with Gasteiger partial charge in [-0.05, 0) is 50.5 Å². The normalized spacial score (nSPS) is 22.3. The van der Waals surface area contributed by atoms with Crippen LogP contribution in [0.5, 0.6) is 0 Å². The molecule has 18 heavy (non-hydrogen) atoms. The van der Waals surface area contributed by atoms with Crippen molar-refractivity contribution in [1.82, 2.24) is 4.90 Å². The van der Waals surface area contributed by atoms with E-state index in [0.717, 1.165) is 24.4 Å². The molecule has 0 saturated carbocycles. The molecule has 0 aromatic heterocycles. The van der Waals surface area contributed by atoms with Gasteiger partial charge >= 0.3 is 0 Å². The third kappa shape index (κ3) is 3.71. The first-order valence-corrected chi connectivity index (χ1v) is 7.92. The summed E-state index contributed by atoms with van der Waals surface area (Å²) in [4.78, 5) is 2.77. The van der Waals surface area contributed by atoms with Crippen molar-refractivity contribution < 1.29 is 0 Å². The maximum Gasteiger partial charge on any atom is 0.0339 e. The lowest BCUT2D eigenvalue weighted by molar-refractivity contribution is 0.0405. The Morgan fingerprint density at radius 2 is 1.72 bits per heavy atom. The number of nitrogens with two attached hydrogens (primary N) is 1. The molecule has 0 aromatic carbocycles. The summed E-state index contributed by atoms with van der Waals surface area (Å²) in [7, 11) is 0. The first-order chi connectivity index (χ1) is 8.45. The summed E-state index contributed by atoms with van der Waals surface area (Å²) in [6.45, 7) is 13.7. The van der Waals surface area contributed by atoms with Crippen LogP contribution in [0.3, 0.4) is 0 Å². The van der Waals surface area contributed by atoms with E-state index in [1.165, 1.54) is 38.6 Å². The second-order valence-electron chi connectivity index (χ2n) is 7.02.